The fraction of sp³-hybridized carbons (Fsp3) is 0.217. The van der Waals surface area contributed by atoms with Crippen LogP contribution in [0.5, 0.6) is 17.2 Å². The van der Waals surface area contributed by atoms with E-state index >= 15 is 0 Å². The van der Waals surface area contributed by atoms with Crippen molar-refractivity contribution in [2.24, 2.45) is 0 Å². The van der Waals surface area contributed by atoms with E-state index in [1.807, 2.05) is 6.07 Å². The van der Waals surface area contributed by atoms with Gasteiger partial charge in [0.05, 0.1) is 27.0 Å². The number of methoxy groups -OCH3 is 3. The Morgan fingerprint density at radius 1 is 1.03 bits per heavy atom. The monoisotopic (exact) mass is 439 g/mol. The highest BCUT2D eigenvalue weighted by Crippen LogP contribution is 2.51. The summed E-state index contributed by atoms with van der Waals surface area (Å²) < 4.78 is 16.1. The fourth-order valence-electron chi connectivity index (χ4n) is 3.83. The molecule has 31 heavy (non-hydrogen) atoms. The third-order valence-corrected chi connectivity index (χ3v) is 6.58. The molecule has 1 aliphatic heterocycles. The molecule has 0 aliphatic carbocycles. The van der Waals surface area contributed by atoms with Crippen molar-refractivity contribution in [2.75, 3.05) is 26.6 Å². The molecule has 3 aromatic rings. The number of rotatable bonds is 6. The molecule has 1 aromatic heterocycles. The molecule has 0 bridgehead atoms. The highest BCUT2D eigenvalue weighted by molar-refractivity contribution is 7.15. The molecule has 1 atom stereocenters. The number of hydrogen-bond acceptors (Lipinski definition) is 6. The molecular formula is C23H21NO6S. The number of carboxylic acids is 1. The molecule has 0 spiro atoms. The highest BCUT2D eigenvalue weighted by atomic mass is 32.1. The Hall–Kier alpha value is -3.52. The Bertz CT molecular complexity index is 1150. The highest BCUT2D eigenvalue weighted by Gasteiger charge is 2.35. The number of fused-ring (bicyclic) bond motifs is 1. The number of thiophene rings is 1. The van der Waals surface area contributed by atoms with Crippen LogP contribution in [0.1, 0.15) is 32.5 Å². The number of carbonyl (C=O) groups is 2. The second-order valence-electron chi connectivity index (χ2n) is 6.99. The number of carboxylic acid groups (broad SMARTS) is 1. The van der Waals surface area contributed by atoms with Crippen molar-refractivity contribution in [3.63, 3.8) is 0 Å². The summed E-state index contributed by atoms with van der Waals surface area (Å²) in [5, 5.41) is 12.8. The first-order valence-corrected chi connectivity index (χ1v) is 10.3. The van der Waals surface area contributed by atoms with Gasteiger partial charge in [0.2, 0.25) is 5.91 Å². The molecule has 0 fully saturated rings. The van der Waals surface area contributed by atoms with E-state index in [1.165, 1.54) is 11.3 Å². The molecule has 1 aliphatic rings. The summed E-state index contributed by atoms with van der Waals surface area (Å²) in [6.07, 6.45) is 0.179. The number of amides is 1. The van der Waals surface area contributed by atoms with Gasteiger partial charge in [0.1, 0.15) is 22.1 Å². The third kappa shape index (κ3) is 3.70. The van der Waals surface area contributed by atoms with Crippen LogP contribution in [0.15, 0.2) is 42.5 Å². The summed E-state index contributed by atoms with van der Waals surface area (Å²) in [4.78, 5) is 25.7. The number of nitrogens with one attached hydrogen (secondary N) is 1. The van der Waals surface area contributed by atoms with E-state index in [1.54, 1.807) is 57.7 Å². The maximum atomic E-state index is 12.7. The van der Waals surface area contributed by atoms with Crippen LogP contribution in [0.2, 0.25) is 0 Å². The smallest absolute Gasteiger partial charge is 0.346 e. The summed E-state index contributed by atoms with van der Waals surface area (Å²) in [6, 6.07) is 12.5. The van der Waals surface area contributed by atoms with Gasteiger partial charge in [-0.3, -0.25) is 4.79 Å². The Kier molecular flexibility index (Phi) is 5.56. The number of benzene rings is 2. The van der Waals surface area contributed by atoms with Crippen LogP contribution in [0.4, 0.5) is 5.69 Å². The number of aromatic carboxylic acids is 1. The van der Waals surface area contributed by atoms with Crippen molar-refractivity contribution in [1.29, 1.82) is 0 Å². The summed E-state index contributed by atoms with van der Waals surface area (Å²) in [7, 11) is 4.70. The molecule has 0 saturated carbocycles. The van der Waals surface area contributed by atoms with Gasteiger partial charge in [-0.15, -0.1) is 11.3 Å². The van der Waals surface area contributed by atoms with Crippen LogP contribution >= 0.6 is 11.3 Å². The Morgan fingerprint density at radius 2 is 1.71 bits per heavy atom. The molecular weight excluding hydrogens is 418 g/mol. The summed E-state index contributed by atoms with van der Waals surface area (Å²) in [5.41, 5.74) is 2.49. The Morgan fingerprint density at radius 3 is 2.32 bits per heavy atom. The maximum Gasteiger partial charge on any atom is 0.346 e. The van der Waals surface area contributed by atoms with Gasteiger partial charge in [-0.2, -0.15) is 0 Å². The fourth-order valence-corrected chi connectivity index (χ4v) is 5.07. The maximum absolute atomic E-state index is 12.7. The van der Waals surface area contributed by atoms with Gasteiger partial charge < -0.3 is 24.6 Å². The van der Waals surface area contributed by atoms with E-state index in [-0.39, 0.29) is 23.1 Å². The largest absolute Gasteiger partial charge is 0.497 e. The molecule has 7 nitrogen and oxygen atoms in total. The van der Waals surface area contributed by atoms with Crippen LogP contribution < -0.4 is 19.5 Å². The molecule has 0 radical (unpaired) electrons. The van der Waals surface area contributed by atoms with Gasteiger partial charge in [0, 0.05) is 28.3 Å². The van der Waals surface area contributed by atoms with Crippen molar-refractivity contribution in [3.05, 3.63) is 57.8 Å². The standard InChI is InChI=1S/C23H21NO6S/c1-28-13-6-4-12(5-7-13)19-20-21(31-22(19)23(26)27)16(11-18(25)24-20)15-10-14(29-2)8-9-17(15)30-3/h4-10,16H,11H2,1-3H3,(H,24,25)(H,26,27)/t16-/m0/s1. The number of ether oxygens (including phenoxy) is 3. The lowest BCUT2D eigenvalue weighted by Gasteiger charge is -2.25. The minimum atomic E-state index is -1.05. The number of hydrogen-bond donors (Lipinski definition) is 2. The van der Waals surface area contributed by atoms with E-state index in [0.29, 0.717) is 34.1 Å². The molecule has 160 valence electrons. The lowest BCUT2D eigenvalue weighted by Crippen LogP contribution is -2.22. The van der Waals surface area contributed by atoms with Gasteiger partial charge >= 0.3 is 5.97 Å². The summed E-state index contributed by atoms with van der Waals surface area (Å²) >= 11 is 1.17. The van der Waals surface area contributed by atoms with Crippen molar-refractivity contribution >= 4 is 28.9 Å². The van der Waals surface area contributed by atoms with Gasteiger partial charge in [-0.1, -0.05) is 12.1 Å². The van der Waals surface area contributed by atoms with E-state index in [0.717, 1.165) is 10.4 Å². The molecule has 2 heterocycles. The first kappa shape index (κ1) is 20.7. The minimum absolute atomic E-state index is 0.171. The zero-order chi connectivity index (χ0) is 22.1. The lowest BCUT2D eigenvalue weighted by atomic mass is 9.88. The molecule has 8 heteroatoms. The average Bonchev–Trinajstić information content (AvgIpc) is 3.17. The second-order valence-corrected chi connectivity index (χ2v) is 8.04. The zero-order valence-corrected chi connectivity index (χ0v) is 18.0. The molecule has 1 amide bonds. The van der Waals surface area contributed by atoms with E-state index < -0.39 is 5.97 Å². The summed E-state index contributed by atoms with van der Waals surface area (Å²) in [5.74, 6) is 0.316. The number of carbonyl (C=O) groups excluding carboxylic acids is 1. The van der Waals surface area contributed by atoms with Crippen LogP contribution in [-0.4, -0.2) is 38.3 Å². The average molecular weight is 439 g/mol. The van der Waals surface area contributed by atoms with Gasteiger partial charge in [0.25, 0.3) is 0 Å². The molecule has 2 aromatic carbocycles. The Balaban J connectivity index is 1.93. The molecule has 4 rings (SSSR count). The van der Waals surface area contributed by atoms with Crippen LogP contribution in [0.25, 0.3) is 11.1 Å². The summed E-state index contributed by atoms with van der Waals surface area (Å²) in [6.45, 7) is 0. The van der Waals surface area contributed by atoms with Crippen LogP contribution in [-0.2, 0) is 4.79 Å². The van der Waals surface area contributed by atoms with E-state index in [9.17, 15) is 14.7 Å². The minimum Gasteiger partial charge on any atom is -0.497 e. The quantitative estimate of drug-likeness (QED) is 0.582. The predicted molar refractivity (Wildman–Crippen MR) is 118 cm³/mol. The Labute approximate surface area is 183 Å². The number of anilines is 1. The van der Waals surface area contributed by atoms with Crippen molar-refractivity contribution in [3.8, 4) is 28.4 Å². The van der Waals surface area contributed by atoms with Crippen molar-refractivity contribution < 1.29 is 28.9 Å². The normalized spacial score (nSPS) is 15.1. The van der Waals surface area contributed by atoms with Gasteiger partial charge in [-0.25, -0.2) is 4.79 Å². The van der Waals surface area contributed by atoms with Gasteiger partial charge in [-0.05, 0) is 35.9 Å². The van der Waals surface area contributed by atoms with Crippen LogP contribution in [0, 0.1) is 0 Å². The molecule has 0 saturated heterocycles. The van der Waals surface area contributed by atoms with Crippen molar-refractivity contribution in [2.45, 2.75) is 12.3 Å². The SMILES string of the molecule is COc1ccc(-c2c(C(=O)O)sc3c2NC(=O)C[C@H]3c2cc(OC)ccc2OC)cc1. The van der Waals surface area contributed by atoms with E-state index in [4.69, 9.17) is 14.2 Å². The molecule has 0 unspecified atom stereocenters. The first-order valence-electron chi connectivity index (χ1n) is 9.53. The second kappa shape index (κ2) is 8.31. The van der Waals surface area contributed by atoms with E-state index in [2.05, 4.69) is 5.32 Å². The third-order valence-electron chi connectivity index (χ3n) is 5.29. The van der Waals surface area contributed by atoms with Gasteiger partial charge in [0.15, 0.2) is 0 Å². The topological polar surface area (TPSA) is 94.1 Å². The zero-order valence-electron chi connectivity index (χ0n) is 17.2. The predicted octanol–water partition coefficient (Wildman–Crippen LogP) is 4.61. The lowest BCUT2D eigenvalue weighted by molar-refractivity contribution is -0.116. The first-order chi connectivity index (χ1) is 15.0. The molecule has 2 N–H and O–H groups in total. The van der Waals surface area contributed by atoms with Crippen LogP contribution in [0.3, 0.4) is 0 Å². The van der Waals surface area contributed by atoms with Crippen molar-refractivity contribution in [1.82, 2.24) is 0 Å².